The van der Waals surface area contributed by atoms with E-state index in [9.17, 15) is 83.5 Å². The van der Waals surface area contributed by atoms with Crippen LogP contribution in [0, 0.1) is 11.6 Å². The van der Waals surface area contributed by atoms with Gasteiger partial charge in [-0.05, 0) is 55.8 Å². The van der Waals surface area contributed by atoms with E-state index >= 15 is 4.39 Å². The van der Waals surface area contributed by atoms with Gasteiger partial charge in [-0.2, -0.15) is 65.9 Å². The maximum atomic E-state index is 15.1. The fourth-order valence-corrected chi connectivity index (χ4v) is 6.69. The first-order chi connectivity index (χ1) is 25.7. The second-order valence-corrected chi connectivity index (χ2v) is 14.2. The zero-order valence-corrected chi connectivity index (χ0v) is 29.9. The fourth-order valence-electron chi connectivity index (χ4n) is 4.93. The molecule has 0 saturated heterocycles. The molecule has 57 heavy (non-hydrogen) atoms. The molecule has 0 aliphatic rings. The summed E-state index contributed by atoms with van der Waals surface area (Å²) in [6, 6.07) is 9.79. The van der Waals surface area contributed by atoms with Crippen molar-refractivity contribution < 1.29 is 92.6 Å². The summed E-state index contributed by atoms with van der Waals surface area (Å²) in [7, 11) is -4.62. The molecule has 0 saturated carbocycles. The molecule has 0 aromatic heterocycles. The van der Waals surface area contributed by atoms with Crippen LogP contribution in [0.1, 0.15) is 24.9 Å². The summed E-state index contributed by atoms with van der Waals surface area (Å²) in [5.41, 5.74) is -0.906. The summed E-state index contributed by atoms with van der Waals surface area (Å²) in [5.74, 6) is -54.9. The Kier molecular flexibility index (Phi) is 13.1. The Morgan fingerprint density at radius 2 is 1.25 bits per heavy atom. The van der Waals surface area contributed by atoms with Crippen LogP contribution >= 0.6 is 11.6 Å². The summed E-state index contributed by atoms with van der Waals surface area (Å²) in [4.78, 5) is 11.1. The number of ether oxygens (including phenoxy) is 1. The quantitative estimate of drug-likeness (QED) is 0.106. The number of para-hydroxylation sites is 1. The largest absolute Gasteiger partial charge is 0.493 e. The predicted octanol–water partition coefficient (Wildman–Crippen LogP) is 10.2. The van der Waals surface area contributed by atoms with E-state index in [1.807, 2.05) is 0 Å². The minimum atomic E-state index is -8.56. The molecule has 1 unspecified atom stereocenters. The number of benzene rings is 3. The van der Waals surface area contributed by atoms with E-state index in [1.54, 1.807) is 0 Å². The Labute approximate surface area is 315 Å². The molecule has 0 heterocycles. The van der Waals surface area contributed by atoms with Crippen molar-refractivity contribution in [1.82, 2.24) is 4.90 Å². The van der Waals surface area contributed by atoms with Crippen molar-refractivity contribution in [3.63, 3.8) is 0 Å². The third kappa shape index (κ3) is 8.24. The molecule has 0 spiro atoms. The molecule has 25 heteroatoms. The van der Waals surface area contributed by atoms with Crippen molar-refractivity contribution in [3.05, 3.63) is 89.0 Å². The number of hydrogen-bond donors (Lipinski definition) is 0. The number of carbonyl (C=O) groups excluding carboxylic acids is 1. The van der Waals surface area contributed by atoms with E-state index in [0.717, 1.165) is 18.2 Å². The van der Waals surface area contributed by atoms with Crippen molar-refractivity contribution in [2.45, 2.75) is 66.0 Å². The molecule has 3 rings (SSSR count). The Bertz CT molecular complexity index is 2030. The number of hydrogen-bond acceptors (Lipinski definition) is 4. The average Bonchev–Trinajstić information content (AvgIpc) is 3.10. The van der Waals surface area contributed by atoms with Crippen molar-refractivity contribution in [2.24, 2.45) is 0 Å². The van der Waals surface area contributed by atoms with E-state index in [-0.39, 0.29) is 23.4 Å². The molecule has 318 valence electrons. The van der Waals surface area contributed by atoms with E-state index in [2.05, 4.69) is 0 Å². The smallest absolute Gasteiger partial charge is 0.460 e. The van der Waals surface area contributed by atoms with Crippen LogP contribution in [0.3, 0.4) is 0 Å². The molecule has 0 fully saturated rings. The van der Waals surface area contributed by atoms with Crippen molar-refractivity contribution >= 4 is 33.2 Å². The Hall–Kier alpha value is -4.22. The number of rotatable bonds is 16. The Morgan fingerprint density at radius 3 is 1.79 bits per heavy atom. The van der Waals surface area contributed by atoms with Gasteiger partial charge in [-0.25, -0.2) is 17.2 Å². The normalized spacial score (nSPS) is 14.3. The second kappa shape index (κ2) is 15.9. The molecular weight excluding hydrogens is 867 g/mol. The third-order valence-electron chi connectivity index (χ3n) is 8.08. The Balaban J connectivity index is 1.86. The maximum absolute atomic E-state index is 15.1. The molecule has 0 aliphatic carbocycles. The lowest BCUT2D eigenvalue weighted by molar-refractivity contribution is -0.449. The molecule has 0 N–H and O–H groups in total. The van der Waals surface area contributed by atoms with Gasteiger partial charge in [0.15, 0.2) is 0 Å². The summed E-state index contributed by atoms with van der Waals surface area (Å²) in [6.45, 7) is -0.819. The van der Waals surface area contributed by atoms with Crippen LogP contribution in [-0.2, 0) is 14.8 Å². The van der Waals surface area contributed by atoms with Crippen molar-refractivity contribution in [3.8, 4) is 5.75 Å². The number of carbonyl (C=O) groups is 1. The highest BCUT2D eigenvalue weighted by Gasteiger charge is 2.94. The van der Waals surface area contributed by atoms with Gasteiger partial charge in [0.2, 0.25) is 0 Å². The topological polar surface area (TPSA) is 66.9 Å². The molecule has 0 bridgehead atoms. The summed E-state index contributed by atoms with van der Waals surface area (Å²) >= 11 is 5.84. The van der Waals surface area contributed by atoms with Crippen LogP contribution in [0.2, 0.25) is 5.02 Å². The predicted molar refractivity (Wildman–Crippen MR) is 166 cm³/mol. The maximum Gasteiger partial charge on any atom is 0.460 e. The molecule has 6 nitrogen and oxygen atoms in total. The molecule has 1 amide bonds. The lowest BCUT2D eigenvalue weighted by Gasteiger charge is -2.41. The van der Waals surface area contributed by atoms with Gasteiger partial charge in [0.05, 0.1) is 23.2 Å². The van der Waals surface area contributed by atoms with E-state index < -0.39 is 110 Å². The Morgan fingerprint density at radius 1 is 0.737 bits per heavy atom. The number of alkyl halides is 15. The SMILES string of the molecule is CC(c1ccccc1OCCCN(C)C(=O)C(F)(F)C(F)(F)C(F)(F)C(F)(F)C(F)(F)C(F)(F)C(F)(F)F)N(c1cc(F)ccc1F)S(=O)(=O)c1ccc(Cl)cc1. The molecule has 3 aromatic rings. The molecule has 3 aromatic carbocycles. The van der Waals surface area contributed by atoms with Crippen LogP contribution in [-0.4, -0.2) is 81.1 Å². The van der Waals surface area contributed by atoms with Crippen LogP contribution in [0.25, 0.3) is 0 Å². The molecule has 1 atom stereocenters. The van der Waals surface area contributed by atoms with Gasteiger partial charge in [-0.1, -0.05) is 29.8 Å². The second-order valence-electron chi connectivity index (χ2n) is 11.9. The van der Waals surface area contributed by atoms with Gasteiger partial charge in [0.1, 0.15) is 17.4 Å². The van der Waals surface area contributed by atoms with E-state index in [1.165, 1.54) is 37.3 Å². The van der Waals surface area contributed by atoms with Crippen molar-refractivity contribution in [1.29, 1.82) is 0 Å². The molecule has 0 radical (unpaired) electrons. The highest BCUT2D eigenvalue weighted by molar-refractivity contribution is 7.92. The van der Waals surface area contributed by atoms with Crippen molar-refractivity contribution in [2.75, 3.05) is 24.5 Å². The average molecular weight is 891 g/mol. The van der Waals surface area contributed by atoms with Crippen LogP contribution in [0.5, 0.6) is 5.75 Å². The monoisotopic (exact) mass is 890 g/mol. The van der Waals surface area contributed by atoms with Gasteiger partial charge in [0, 0.05) is 30.2 Å². The lowest BCUT2D eigenvalue weighted by atomic mass is 9.90. The van der Waals surface area contributed by atoms with Gasteiger partial charge < -0.3 is 9.64 Å². The first-order valence-corrected chi connectivity index (χ1v) is 17.1. The van der Waals surface area contributed by atoms with Gasteiger partial charge in [0.25, 0.3) is 15.9 Å². The zero-order valence-electron chi connectivity index (χ0n) is 28.3. The minimum absolute atomic E-state index is 0.102. The fraction of sp³-hybridized carbons (Fsp3) is 0.406. The summed E-state index contributed by atoms with van der Waals surface area (Å²) < 4.78 is 266. The zero-order chi connectivity index (χ0) is 44.0. The first kappa shape index (κ1) is 47.2. The standard InChI is InChI=1S/C32H24ClF17N2O4S/c1-17(52(23-16-19(34)10-13-22(23)35)57(54,55)20-11-8-18(33)9-12-20)21-6-3-4-7-24(21)56-15-5-14-51(2)25(53)26(36,37)27(38,39)28(40,41)29(42,43)30(44,45)31(46,47)32(48,49)50/h3-4,6-13,16-17H,5,14-15H2,1-2H3. The van der Waals surface area contributed by atoms with Crippen LogP contribution < -0.4 is 9.04 Å². The molecular formula is C32H24ClF17N2O4S. The van der Waals surface area contributed by atoms with Gasteiger partial charge >= 0.3 is 41.7 Å². The number of nitrogens with zero attached hydrogens (tertiary/aromatic N) is 2. The summed E-state index contributed by atoms with van der Waals surface area (Å²) in [6.07, 6.45) is -8.54. The number of sulfonamides is 1. The van der Waals surface area contributed by atoms with E-state index in [4.69, 9.17) is 16.3 Å². The van der Waals surface area contributed by atoms with Crippen LogP contribution in [0.15, 0.2) is 71.6 Å². The lowest BCUT2D eigenvalue weighted by Crippen LogP contribution is -2.74. The molecule has 0 aliphatic heterocycles. The number of anilines is 1. The van der Waals surface area contributed by atoms with Crippen LogP contribution in [0.4, 0.5) is 80.3 Å². The minimum Gasteiger partial charge on any atom is -0.493 e. The number of halogens is 18. The van der Waals surface area contributed by atoms with E-state index in [0.29, 0.717) is 22.5 Å². The highest BCUT2D eigenvalue weighted by atomic mass is 35.5. The third-order valence-corrected chi connectivity index (χ3v) is 10.2. The number of amides is 1. The van der Waals surface area contributed by atoms with Gasteiger partial charge in [-0.3, -0.25) is 9.10 Å². The first-order valence-electron chi connectivity index (χ1n) is 15.3. The highest BCUT2D eigenvalue weighted by Crippen LogP contribution is 2.62. The summed E-state index contributed by atoms with van der Waals surface area (Å²) in [5, 5.41) is 0.102. The van der Waals surface area contributed by atoms with Gasteiger partial charge in [-0.15, -0.1) is 0 Å².